The molecular weight excluding hydrogens is 222 g/mol. The fraction of sp³-hybridized carbons (Fsp3) is 0.667. The van der Waals surface area contributed by atoms with Gasteiger partial charge in [-0.15, -0.1) is 0 Å². The molecule has 0 aliphatic carbocycles. The number of hydrogen-bond donors (Lipinski definition) is 0. The third-order valence-corrected chi connectivity index (χ3v) is 3.07. The van der Waals surface area contributed by atoms with Crippen LogP contribution in [0.15, 0.2) is 6.07 Å². The Morgan fingerprint density at radius 3 is 2.69 bits per heavy atom. The van der Waals surface area contributed by atoms with Crippen molar-refractivity contribution >= 4 is 17.5 Å². The van der Waals surface area contributed by atoms with Gasteiger partial charge in [-0.05, 0) is 31.7 Å². The number of hydrogen-bond acceptors (Lipinski definition) is 3. The lowest BCUT2D eigenvalue weighted by molar-refractivity contribution is 0.567. The van der Waals surface area contributed by atoms with Gasteiger partial charge in [0.2, 0.25) is 5.95 Å². The van der Waals surface area contributed by atoms with Gasteiger partial charge in [-0.3, -0.25) is 0 Å². The van der Waals surface area contributed by atoms with Crippen LogP contribution in [0.1, 0.15) is 38.3 Å². The first-order chi connectivity index (χ1) is 7.79. The first-order valence-electron chi connectivity index (χ1n) is 6.08. The second kappa shape index (κ2) is 5.48. The van der Waals surface area contributed by atoms with Gasteiger partial charge in [-0.25, -0.2) is 9.97 Å². The molecule has 88 valence electrons. The van der Waals surface area contributed by atoms with Gasteiger partial charge in [0.1, 0.15) is 5.15 Å². The van der Waals surface area contributed by atoms with E-state index in [-0.39, 0.29) is 0 Å². The molecule has 1 aliphatic heterocycles. The van der Waals surface area contributed by atoms with Crippen molar-refractivity contribution in [1.29, 1.82) is 0 Å². The molecule has 0 spiro atoms. The fourth-order valence-electron chi connectivity index (χ4n) is 2.07. The normalized spacial score (nSPS) is 16.5. The van der Waals surface area contributed by atoms with Crippen LogP contribution in [0.4, 0.5) is 5.95 Å². The van der Waals surface area contributed by atoms with Gasteiger partial charge in [0.05, 0.1) is 0 Å². The molecule has 0 atom stereocenters. The Morgan fingerprint density at radius 2 is 2.00 bits per heavy atom. The molecule has 0 N–H and O–H groups in total. The molecule has 0 aromatic carbocycles. The molecule has 1 aliphatic rings. The molecule has 1 saturated heterocycles. The largest absolute Gasteiger partial charge is 0.341 e. The second-order valence-electron chi connectivity index (χ2n) is 4.28. The summed E-state index contributed by atoms with van der Waals surface area (Å²) >= 11 is 6.03. The van der Waals surface area contributed by atoms with E-state index in [9.17, 15) is 0 Å². The van der Waals surface area contributed by atoms with Crippen molar-refractivity contribution in [3.05, 3.63) is 16.9 Å². The van der Waals surface area contributed by atoms with Gasteiger partial charge in [-0.1, -0.05) is 24.9 Å². The maximum Gasteiger partial charge on any atom is 0.226 e. The monoisotopic (exact) mass is 239 g/mol. The highest BCUT2D eigenvalue weighted by molar-refractivity contribution is 6.29. The van der Waals surface area contributed by atoms with Gasteiger partial charge in [0.15, 0.2) is 0 Å². The maximum atomic E-state index is 6.03. The molecular formula is C12H18ClN3. The number of aryl methyl sites for hydroxylation is 1. The number of piperidine rings is 1. The van der Waals surface area contributed by atoms with Gasteiger partial charge in [0.25, 0.3) is 0 Å². The van der Waals surface area contributed by atoms with Crippen molar-refractivity contribution in [1.82, 2.24) is 9.97 Å². The Balaban J connectivity index is 2.18. The smallest absolute Gasteiger partial charge is 0.226 e. The van der Waals surface area contributed by atoms with Gasteiger partial charge < -0.3 is 4.90 Å². The Labute approximate surface area is 102 Å². The summed E-state index contributed by atoms with van der Waals surface area (Å²) in [7, 11) is 0. The summed E-state index contributed by atoms with van der Waals surface area (Å²) < 4.78 is 0. The Bertz CT molecular complexity index is 348. The molecule has 4 heteroatoms. The van der Waals surface area contributed by atoms with Crippen LogP contribution in [0.25, 0.3) is 0 Å². The summed E-state index contributed by atoms with van der Waals surface area (Å²) in [5, 5.41) is 0.569. The minimum Gasteiger partial charge on any atom is -0.341 e. The van der Waals surface area contributed by atoms with E-state index in [0.717, 1.165) is 37.6 Å². The van der Waals surface area contributed by atoms with E-state index in [1.54, 1.807) is 0 Å². The second-order valence-corrected chi connectivity index (χ2v) is 4.67. The molecule has 2 rings (SSSR count). The first-order valence-corrected chi connectivity index (χ1v) is 6.46. The number of halogens is 1. The average Bonchev–Trinajstić information content (AvgIpc) is 2.30. The standard InChI is InChI=1S/C12H18ClN3/c1-2-6-10-9-11(13)15-12(14-10)16-7-4-3-5-8-16/h9H,2-8H2,1H3. The van der Waals surface area contributed by atoms with E-state index in [1.807, 2.05) is 6.07 Å². The van der Waals surface area contributed by atoms with Crippen LogP contribution in [0.2, 0.25) is 5.15 Å². The summed E-state index contributed by atoms with van der Waals surface area (Å²) in [4.78, 5) is 11.1. The zero-order valence-corrected chi connectivity index (χ0v) is 10.5. The molecule has 2 heterocycles. The average molecular weight is 240 g/mol. The molecule has 0 saturated carbocycles. The van der Waals surface area contributed by atoms with Crippen molar-refractivity contribution in [3.8, 4) is 0 Å². The Morgan fingerprint density at radius 1 is 1.25 bits per heavy atom. The van der Waals surface area contributed by atoms with Gasteiger partial charge in [-0.2, -0.15) is 0 Å². The zero-order valence-electron chi connectivity index (χ0n) is 9.75. The van der Waals surface area contributed by atoms with Crippen LogP contribution in [-0.2, 0) is 6.42 Å². The highest BCUT2D eigenvalue weighted by atomic mass is 35.5. The van der Waals surface area contributed by atoms with E-state index in [0.29, 0.717) is 5.15 Å². The third kappa shape index (κ3) is 2.85. The first kappa shape index (κ1) is 11.6. The number of nitrogens with zero attached hydrogens (tertiary/aromatic N) is 3. The zero-order chi connectivity index (χ0) is 11.4. The lowest BCUT2D eigenvalue weighted by atomic mass is 10.1. The predicted molar refractivity (Wildman–Crippen MR) is 67.1 cm³/mol. The molecule has 3 nitrogen and oxygen atoms in total. The van der Waals surface area contributed by atoms with Crippen LogP contribution in [0.3, 0.4) is 0 Å². The topological polar surface area (TPSA) is 29.0 Å². The summed E-state index contributed by atoms with van der Waals surface area (Å²) in [6.45, 7) is 4.27. The van der Waals surface area contributed by atoms with E-state index >= 15 is 0 Å². The summed E-state index contributed by atoms with van der Waals surface area (Å²) in [5.74, 6) is 0.815. The quantitative estimate of drug-likeness (QED) is 0.760. The Kier molecular flexibility index (Phi) is 3.99. The van der Waals surface area contributed by atoms with Crippen LogP contribution < -0.4 is 4.90 Å². The lowest BCUT2D eigenvalue weighted by Crippen LogP contribution is -2.31. The van der Waals surface area contributed by atoms with Crippen LogP contribution >= 0.6 is 11.6 Å². The lowest BCUT2D eigenvalue weighted by Gasteiger charge is -2.26. The third-order valence-electron chi connectivity index (χ3n) is 2.88. The Hall–Kier alpha value is -0.830. The fourth-order valence-corrected chi connectivity index (χ4v) is 2.27. The maximum absolute atomic E-state index is 6.03. The van der Waals surface area contributed by atoms with Crippen LogP contribution in [-0.4, -0.2) is 23.1 Å². The highest BCUT2D eigenvalue weighted by Crippen LogP contribution is 2.19. The summed E-state index contributed by atoms with van der Waals surface area (Å²) in [6.07, 6.45) is 5.85. The van der Waals surface area contributed by atoms with E-state index < -0.39 is 0 Å². The number of aromatic nitrogens is 2. The van der Waals surface area contributed by atoms with Crippen molar-refractivity contribution < 1.29 is 0 Å². The van der Waals surface area contributed by atoms with Crippen LogP contribution in [0.5, 0.6) is 0 Å². The highest BCUT2D eigenvalue weighted by Gasteiger charge is 2.14. The summed E-state index contributed by atoms with van der Waals surface area (Å²) in [6, 6.07) is 1.87. The van der Waals surface area contributed by atoms with E-state index in [2.05, 4.69) is 21.8 Å². The molecule has 1 fully saturated rings. The van der Waals surface area contributed by atoms with Crippen LogP contribution in [0, 0.1) is 0 Å². The minimum absolute atomic E-state index is 0.569. The summed E-state index contributed by atoms with van der Waals surface area (Å²) in [5.41, 5.74) is 1.06. The van der Waals surface area contributed by atoms with Crippen molar-refractivity contribution in [2.75, 3.05) is 18.0 Å². The molecule has 16 heavy (non-hydrogen) atoms. The molecule has 0 radical (unpaired) electrons. The predicted octanol–water partition coefficient (Wildman–Crippen LogP) is 3.07. The van der Waals surface area contributed by atoms with Crippen molar-refractivity contribution in [3.63, 3.8) is 0 Å². The molecule has 0 bridgehead atoms. The van der Waals surface area contributed by atoms with E-state index in [1.165, 1.54) is 19.3 Å². The molecule has 1 aromatic rings. The van der Waals surface area contributed by atoms with Gasteiger partial charge >= 0.3 is 0 Å². The molecule has 1 aromatic heterocycles. The SMILES string of the molecule is CCCc1cc(Cl)nc(N2CCCCC2)n1. The number of rotatable bonds is 3. The molecule has 0 unspecified atom stereocenters. The molecule has 0 amide bonds. The van der Waals surface area contributed by atoms with Crippen molar-refractivity contribution in [2.45, 2.75) is 39.0 Å². The minimum atomic E-state index is 0.569. The van der Waals surface area contributed by atoms with Gasteiger partial charge in [0, 0.05) is 18.8 Å². The number of anilines is 1. The van der Waals surface area contributed by atoms with E-state index in [4.69, 9.17) is 11.6 Å². The van der Waals surface area contributed by atoms with Crippen molar-refractivity contribution in [2.24, 2.45) is 0 Å².